The summed E-state index contributed by atoms with van der Waals surface area (Å²) >= 11 is 5.08. The number of anilines is 1. The molecule has 4 heterocycles. The van der Waals surface area contributed by atoms with Crippen LogP contribution < -0.4 is 10.6 Å². The van der Waals surface area contributed by atoms with Crippen molar-refractivity contribution >= 4 is 80.9 Å². The highest BCUT2D eigenvalue weighted by molar-refractivity contribution is 8.01. The molecule has 2 aromatic rings. The maximum absolute atomic E-state index is 13.1. The summed E-state index contributed by atoms with van der Waals surface area (Å²) in [7, 11) is 1.25. The van der Waals surface area contributed by atoms with E-state index in [2.05, 4.69) is 31.0 Å². The molecule has 2 atom stereocenters. The molecule has 0 radical (unpaired) electrons. The molecule has 4 rings (SSSR count). The van der Waals surface area contributed by atoms with Crippen molar-refractivity contribution in [2.45, 2.75) is 29.6 Å². The number of fused-ring (bicyclic) bond motifs is 1. The molecule has 3 N–H and O–H groups in total. The van der Waals surface area contributed by atoms with E-state index in [9.17, 15) is 24.3 Å². The molecule has 2 aliphatic heterocycles. The molecule has 0 saturated carbocycles. The van der Waals surface area contributed by atoms with Gasteiger partial charge in [-0.15, -0.1) is 33.3 Å². The molecule has 1 saturated heterocycles. The highest BCUT2D eigenvalue weighted by Gasteiger charge is 2.54. The number of thiazole rings is 1. The van der Waals surface area contributed by atoms with Crippen molar-refractivity contribution in [3.05, 3.63) is 27.9 Å². The topological polar surface area (TPSA) is 185 Å². The average molecular weight is 614 g/mol. The first-order valence-electron chi connectivity index (χ1n) is 11.3. The minimum Gasteiger partial charge on any atom is -0.477 e. The van der Waals surface area contributed by atoms with Gasteiger partial charge >= 0.3 is 12.1 Å². The fourth-order valence-electron chi connectivity index (χ4n) is 3.48. The Morgan fingerprint density at radius 2 is 2.13 bits per heavy atom. The van der Waals surface area contributed by atoms with Crippen LogP contribution in [-0.4, -0.2) is 91.4 Å². The van der Waals surface area contributed by atoms with E-state index in [1.165, 1.54) is 52.3 Å². The second-order valence-electron chi connectivity index (χ2n) is 8.39. The van der Waals surface area contributed by atoms with E-state index in [1.807, 2.05) is 13.8 Å². The van der Waals surface area contributed by atoms with Crippen LogP contribution >= 0.6 is 46.2 Å². The molecule has 18 heteroatoms. The van der Waals surface area contributed by atoms with Crippen molar-refractivity contribution in [1.82, 2.24) is 25.4 Å². The number of carboxylic acid groups (broad SMARTS) is 1. The fraction of sp³-hybridized carbons (Fsp3) is 0.429. The third-order valence-corrected chi connectivity index (χ3v) is 9.19. The first kappa shape index (κ1) is 28.8. The van der Waals surface area contributed by atoms with Gasteiger partial charge < -0.3 is 20.0 Å². The van der Waals surface area contributed by atoms with Gasteiger partial charge in [-0.25, -0.2) is 14.6 Å². The SMILES string of the molecule is CO/N=C(/C(=O)NC1C(=O)N2C(C(=O)O)=C(CSc3nncs3)CS[C@H]12)c1csc(NC(=O)OCC(C)C)n1. The standard InChI is InChI=1S/C21H23N7O7S4/c1-9(2)4-35-20(33)25-19-23-11(7-37-19)12(27-34-3)15(29)24-13-16(30)28-14(18(31)32)10(5-36-17(13)28)6-38-21-26-22-8-39-21/h7-9,13,17H,4-6H2,1-3H3,(H,24,29)(H,31,32)(H,23,25,33)/b27-12+/t13?,17-/m1/s1. The van der Waals surface area contributed by atoms with Crippen molar-refractivity contribution < 1.29 is 33.9 Å². The Labute approximate surface area is 238 Å². The number of nitrogens with one attached hydrogen (secondary N) is 2. The molecule has 0 aromatic carbocycles. The molecule has 208 valence electrons. The van der Waals surface area contributed by atoms with Gasteiger partial charge in [-0.2, -0.15) is 0 Å². The van der Waals surface area contributed by atoms with E-state index in [0.29, 0.717) is 21.4 Å². The quantitative estimate of drug-likeness (QED) is 0.145. The van der Waals surface area contributed by atoms with Crippen LogP contribution in [0, 0.1) is 5.92 Å². The Morgan fingerprint density at radius 1 is 1.33 bits per heavy atom. The number of hydrogen-bond donors (Lipinski definition) is 3. The summed E-state index contributed by atoms with van der Waals surface area (Å²) in [6.45, 7) is 4.03. The fourth-order valence-corrected chi connectivity index (χ4v) is 7.13. The van der Waals surface area contributed by atoms with Gasteiger partial charge in [0, 0.05) is 16.9 Å². The lowest BCUT2D eigenvalue weighted by Gasteiger charge is -2.49. The van der Waals surface area contributed by atoms with Crippen LogP contribution in [-0.2, 0) is 24.0 Å². The summed E-state index contributed by atoms with van der Waals surface area (Å²) in [6.07, 6.45) is -0.683. The molecule has 0 spiro atoms. The number of aliphatic carboxylic acids is 1. The summed E-state index contributed by atoms with van der Waals surface area (Å²) in [5.74, 6) is -1.65. The number of hydrogen-bond acceptors (Lipinski definition) is 14. The number of oxime groups is 1. The zero-order valence-corrected chi connectivity index (χ0v) is 24.0. The number of carbonyl (C=O) groups excluding carboxylic acids is 3. The molecule has 2 aromatic heterocycles. The van der Waals surface area contributed by atoms with E-state index in [4.69, 9.17) is 9.57 Å². The van der Waals surface area contributed by atoms with Crippen LogP contribution in [0.2, 0.25) is 0 Å². The molecule has 1 unspecified atom stereocenters. The first-order chi connectivity index (χ1) is 18.7. The van der Waals surface area contributed by atoms with E-state index in [0.717, 1.165) is 11.3 Å². The van der Waals surface area contributed by atoms with Crippen molar-refractivity contribution in [3.63, 3.8) is 0 Å². The van der Waals surface area contributed by atoms with E-state index in [-0.39, 0.29) is 34.8 Å². The highest BCUT2D eigenvalue weighted by atomic mass is 32.2. The van der Waals surface area contributed by atoms with Gasteiger partial charge in [0.05, 0.1) is 6.61 Å². The molecule has 39 heavy (non-hydrogen) atoms. The van der Waals surface area contributed by atoms with Crippen molar-refractivity contribution in [3.8, 4) is 0 Å². The number of rotatable bonds is 11. The summed E-state index contributed by atoms with van der Waals surface area (Å²) in [5, 5.41) is 27.5. The number of ether oxygens (including phenoxy) is 1. The number of thioether (sulfide) groups is 2. The van der Waals surface area contributed by atoms with Gasteiger partial charge in [0.1, 0.15) is 35.4 Å². The monoisotopic (exact) mass is 613 g/mol. The normalized spacial score (nSPS) is 18.9. The number of carbonyl (C=O) groups is 4. The van der Waals surface area contributed by atoms with Crippen LogP contribution in [0.4, 0.5) is 9.93 Å². The van der Waals surface area contributed by atoms with Crippen LogP contribution in [0.25, 0.3) is 0 Å². The molecule has 3 amide bonds. The summed E-state index contributed by atoms with van der Waals surface area (Å²) in [6, 6.07) is -0.974. The second-order valence-corrected chi connectivity index (χ2v) is 12.4. The zero-order valence-electron chi connectivity index (χ0n) is 20.8. The van der Waals surface area contributed by atoms with E-state index < -0.39 is 35.3 Å². The maximum atomic E-state index is 13.1. The lowest BCUT2D eigenvalue weighted by molar-refractivity contribution is -0.150. The lowest BCUT2D eigenvalue weighted by atomic mass is 10.0. The van der Waals surface area contributed by atoms with Crippen molar-refractivity contribution in [2.75, 3.05) is 30.5 Å². The van der Waals surface area contributed by atoms with Crippen LogP contribution in [0.15, 0.2) is 31.7 Å². The van der Waals surface area contributed by atoms with E-state index in [1.54, 1.807) is 5.51 Å². The molecule has 0 bridgehead atoms. The first-order valence-corrected chi connectivity index (χ1v) is 15.1. The number of carboxylic acids is 1. The molecular formula is C21H23N7O7S4. The number of nitrogens with zero attached hydrogens (tertiary/aromatic N) is 5. The molecule has 1 fully saturated rings. The van der Waals surface area contributed by atoms with Gasteiger partial charge in [0.2, 0.25) is 0 Å². The molecular weight excluding hydrogens is 591 g/mol. The van der Waals surface area contributed by atoms with Crippen LogP contribution in [0.3, 0.4) is 0 Å². The molecule has 2 aliphatic rings. The van der Waals surface area contributed by atoms with Gasteiger partial charge in [0.15, 0.2) is 15.2 Å². The minimum atomic E-state index is -1.22. The second kappa shape index (κ2) is 12.8. The Kier molecular flexibility index (Phi) is 9.41. The Balaban J connectivity index is 1.42. The minimum absolute atomic E-state index is 0.0865. The van der Waals surface area contributed by atoms with Gasteiger partial charge in [-0.1, -0.05) is 42.1 Å². The Hall–Kier alpha value is -3.22. The van der Waals surface area contributed by atoms with Crippen molar-refractivity contribution in [1.29, 1.82) is 0 Å². The number of β-lactam (4-membered cyclic amide) rings is 1. The van der Waals surface area contributed by atoms with Gasteiger partial charge in [-0.3, -0.25) is 19.8 Å². The smallest absolute Gasteiger partial charge is 0.413 e. The number of aromatic nitrogens is 3. The Morgan fingerprint density at radius 3 is 2.79 bits per heavy atom. The van der Waals surface area contributed by atoms with Gasteiger partial charge in [-0.05, 0) is 11.5 Å². The van der Waals surface area contributed by atoms with Gasteiger partial charge in [0.25, 0.3) is 11.8 Å². The molecule has 14 nitrogen and oxygen atoms in total. The van der Waals surface area contributed by atoms with Crippen LogP contribution in [0.1, 0.15) is 19.5 Å². The predicted molar refractivity (Wildman–Crippen MR) is 146 cm³/mol. The largest absolute Gasteiger partial charge is 0.477 e. The summed E-state index contributed by atoms with van der Waals surface area (Å²) < 4.78 is 5.75. The molecule has 0 aliphatic carbocycles. The maximum Gasteiger partial charge on any atom is 0.413 e. The average Bonchev–Trinajstić information content (AvgIpc) is 3.59. The Bertz CT molecular complexity index is 1310. The number of amides is 3. The predicted octanol–water partition coefficient (Wildman–Crippen LogP) is 2.08. The van der Waals surface area contributed by atoms with Crippen molar-refractivity contribution in [2.24, 2.45) is 11.1 Å². The van der Waals surface area contributed by atoms with E-state index >= 15 is 0 Å². The third-order valence-electron chi connectivity index (χ3n) is 5.15. The summed E-state index contributed by atoms with van der Waals surface area (Å²) in [5.41, 5.74) is 1.97. The zero-order chi connectivity index (χ0) is 28.1. The third kappa shape index (κ3) is 6.68. The highest BCUT2D eigenvalue weighted by Crippen LogP contribution is 2.41. The summed E-state index contributed by atoms with van der Waals surface area (Å²) in [4.78, 5) is 60.3. The lowest BCUT2D eigenvalue weighted by Crippen LogP contribution is -2.71. The van der Waals surface area contributed by atoms with Crippen LogP contribution in [0.5, 0.6) is 0 Å².